The van der Waals surface area contributed by atoms with Gasteiger partial charge >= 0.3 is 0 Å². The van der Waals surface area contributed by atoms with Crippen LogP contribution in [0.5, 0.6) is 0 Å². The molecule has 1 aromatic heterocycles. The first-order chi connectivity index (χ1) is 30.8. The first-order valence-corrected chi connectivity index (χ1v) is 22.3. The Hall–Kier alpha value is -7.42. The van der Waals surface area contributed by atoms with Crippen LogP contribution < -0.4 is 4.90 Å². The standard InChI is InChI=1S/C60H46N2/c1-3-17-41(18-4-1)50-30-14-20-43-21-15-32-55(60(43)50)53-27-9-11-33-57(53)61(47-36-38-59-56(40-47)54-28-10-12-34-58(54)62(59)45-23-5-2-6-24-45)46-25-13-22-44(39-46)49-29-16-31-51-48-26-8-7-19-42(48)35-37-52(49)51/h2,5-16,19-41H,1,3-4,17-18H2. The number of aromatic nitrogens is 1. The number of hydrogen-bond acceptors (Lipinski definition) is 1. The average Bonchev–Trinajstić information content (AvgIpc) is 3.68. The number of fused-ring (bicyclic) bond motifs is 7. The van der Waals surface area contributed by atoms with Gasteiger partial charge in [-0.1, -0.05) is 177 Å². The molecule has 11 aromatic rings. The van der Waals surface area contributed by atoms with E-state index in [0.29, 0.717) is 5.92 Å². The molecule has 12 rings (SSSR count). The maximum atomic E-state index is 2.51. The van der Waals surface area contributed by atoms with Crippen LogP contribution in [0.15, 0.2) is 212 Å². The summed E-state index contributed by atoms with van der Waals surface area (Å²) < 4.78 is 2.40. The van der Waals surface area contributed by atoms with Gasteiger partial charge in [-0.2, -0.15) is 0 Å². The Balaban J connectivity index is 1.10. The van der Waals surface area contributed by atoms with Crippen molar-refractivity contribution < 1.29 is 0 Å². The highest BCUT2D eigenvalue weighted by Crippen LogP contribution is 2.47. The van der Waals surface area contributed by atoms with Gasteiger partial charge in [0.05, 0.1) is 16.7 Å². The highest BCUT2D eigenvalue weighted by Gasteiger charge is 2.24. The van der Waals surface area contributed by atoms with Gasteiger partial charge in [-0.3, -0.25) is 0 Å². The molecule has 0 spiro atoms. The third kappa shape index (κ3) is 6.09. The van der Waals surface area contributed by atoms with Gasteiger partial charge in [-0.15, -0.1) is 0 Å². The van der Waals surface area contributed by atoms with Gasteiger partial charge in [0, 0.05) is 33.4 Å². The zero-order valence-electron chi connectivity index (χ0n) is 34.7. The second kappa shape index (κ2) is 15.2. The van der Waals surface area contributed by atoms with Crippen LogP contribution in [0.4, 0.5) is 17.1 Å². The Morgan fingerprint density at radius 1 is 0.387 bits per heavy atom. The molecule has 0 amide bonds. The number of benzene rings is 10. The Labute approximate surface area is 362 Å². The zero-order valence-corrected chi connectivity index (χ0v) is 34.7. The minimum atomic E-state index is 0.579. The summed E-state index contributed by atoms with van der Waals surface area (Å²) >= 11 is 0. The molecule has 1 heterocycles. The fourth-order valence-corrected chi connectivity index (χ4v) is 10.7. The maximum absolute atomic E-state index is 2.51. The van der Waals surface area contributed by atoms with E-state index in [1.807, 2.05) is 0 Å². The molecule has 1 saturated carbocycles. The van der Waals surface area contributed by atoms with Crippen molar-refractivity contribution in [1.29, 1.82) is 0 Å². The topological polar surface area (TPSA) is 8.17 Å². The van der Waals surface area contributed by atoms with E-state index in [2.05, 4.69) is 222 Å². The lowest BCUT2D eigenvalue weighted by Gasteiger charge is -2.29. The minimum Gasteiger partial charge on any atom is -0.310 e. The highest BCUT2D eigenvalue weighted by atomic mass is 15.1. The van der Waals surface area contributed by atoms with Crippen molar-refractivity contribution in [3.05, 3.63) is 218 Å². The molecule has 62 heavy (non-hydrogen) atoms. The van der Waals surface area contributed by atoms with Crippen LogP contribution >= 0.6 is 0 Å². The summed E-state index contributed by atoms with van der Waals surface area (Å²) in [6.45, 7) is 0. The summed E-state index contributed by atoms with van der Waals surface area (Å²) in [5.74, 6) is 0.579. The third-order valence-electron chi connectivity index (χ3n) is 13.5. The molecule has 0 unspecified atom stereocenters. The number of para-hydroxylation sites is 3. The van der Waals surface area contributed by atoms with E-state index in [4.69, 9.17) is 0 Å². The predicted molar refractivity (Wildman–Crippen MR) is 265 cm³/mol. The first-order valence-electron chi connectivity index (χ1n) is 22.3. The highest BCUT2D eigenvalue weighted by molar-refractivity contribution is 6.13. The van der Waals surface area contributed by atoms with Crippen molar-refractivity contribution in [2.24, 2.45) is 0 Å². The summed E-state index contributed by atoms with van der Waals surface area (Å²) in [4.78, 5) is 2.51. The lowest BCUT2D eigenvalue weighted by atomic mass is 9.80. The van der Waals surface area contributed by atoms with Gasteiger partial charge in [0.15, 0.2) is 0 Å². The fraction of sp³-hybridized carbons (Fsp3) is 0.100. The van der Waals surface area contributed by atoms with Crippen molar-refractivity contribution in [3.63, 3.8) is 0 Å². The van der Waals surface area contributed by atoms with E-state index in [1.54, 1.807) is 0 Å². The summed E-state index contributed by atoms with van der Waals surface area (Å²) in [7, 11) is 0. The minimum absolute atomic E-state index is 0.579. The molecule has 0 N–H and O–H groups in total. The van der Waals surface area contributed by atoms with Crippen LogP contribution in [0.2, 0.25) is 0 Å². The van der Waals surface area contributed by atoms with Crippen LogP contribution in [-0.2, 0) is 0 Å². The first kappa shape index (κ1) is 36.4. The van der Waals surface area contributed by atoms with Gasteiger partial charge in [0.2, 0.25) is 0 Å². The van der Waals surface area contributed by atoms with Crippen molar-refractivity contribution in [1.82, 2.24) is 4.57 Å². The average molecular weight is 795 g/mol. The second-order valence-electron chi connectivity index (χ2n) is 17.1. The zero-order chi connectivity index (χ0) is 41.0. The Bertz CT molecular complexity index is 3450. The smallest absolute Gasteiger partial charge is 0.0542 e. The molecule has 0 aliphatic heterocycles. The van der Waals surface area contributed by atoms with Crippen molar-refractivity contribution >= 4 is 71.2 Å². The van der Waals surface area contributed by atoms with Gasteiger partial charge in [-0.05, 0) is 128 Å². The molecule has 1 aliphatic rings. The van der Waals surface area contributed by atoms with Crippen LogP contribution in [0.1, 0.15) is 43.6 Å². The monoisotopic (exact) mass is 794 g/mol. The number of rotatable bonds is 7. The normalized spacial score (nSPS) is 13.4. The third-order valence-corrected chi connectivity index (χ3v) is 13.5. The Morgan fingerprint density at radius 2 is 1.05 bits per heavy atom. The van der Waals surface area contributed by atoms with Crippen LogP contribution in [0.25, 0.3) is 82.1 Å². The van der Waals surface area contributed by atoms with Crippen molar-refractivity contribution in [3.8, 4) is 27.9 Å². The van der Waals surface area contributed by atoms with Crippen LogP contribution in [-0.4, -0.2) is 4.57 Å². The van der Waals surface area contributed by atoms with E-state index in [9.17, 15) is 0 Å². The Morgan fingerprint density at radius 3 is 1.95 bits per heavy atom. The quantitative estimate of drug-likeness (QED) is 0.146. The fourth-order valence-electron chi connectivity index (χ4n) is 10.7. The van der Waals surface area contributed by atoms with E-state index in [0.717, 1.165) is 22.7 Å². The second-order valence-corrected chi connectivity index (χ2v) is 17.1. The lowest BCUT2D eigenvalue weighted by Crippen LogP contribution is -2.12. The number of nitrogens with zero attached hydrogens (tertiary/aromatic N) is 2. The summed E-state index contributed by atoms with van der Waals surface area (Å²) in [6.07, 6.45) is 6.47. The van der Waals surface area contributed by atoms with Crippen LogP contribution in [0, 0.1) is 0 Å². The lowest BCUT2D eigenvalue weighted by molar-refractivity contribution is 0.445. The SMILES string of the molecule is c1ccc(-n2c3ccccc3c3cc(N(c4cccc(-c5cccc6c5ccc5ccccc56)c4)c4ccccc4-c4cccc5cccc(C6CCCCC6)c45)ccc32)cc1. The van der Waals surface area contributed by atoms with Gasteiger partial charge in [-0.25, -0.2) is 0 Å². The molecule has 1 aliphatic carbocycles. The molecule has 1 fully saturated rings. The molecule has 296 valence electrons. The molecule has 2 heteroatoms. The Kier molecular flexibility index (Phi) is 8.96. The van der Waals surface area contributed by atoms with E-state index >= 15 is 0 Å². The molecule has 2 nitrogen and oxygen atoms in total. The predicted octanol–water partition coefficient (Wildman–Crippen LogP) is 17.1. The van der Waals surface area contributed by atoms with Gasteiger partial charge < -0.3 is 9.47 Å². The van der Waals surface area contributed by atoms with Gasteiger partial charge in [0.1, 0.15) is 0 Å². The molecular weight excluding hydrogens is 749 g/mol. The van der Waals surface area contributed by atoms with E-state index in [-0.39, 0.29) is 0 Å². The molecule has 10 aromatic carbocycles. The van der Waals surface area contributed by atoms with E-state index in [1.165, 1.54) is 114 Å². The molecule has 0 atom stereocenters. The van der Waals surface area contributed by atoms with Crippen LogP contribution in [0.3, 0.4) is 0 Å². The summed E-state index contributed by atoms with van der Waals surface area (Å²) in [5.41, 5.74) is 13.4. The van der Waals surface area contributed by atoms with Crippen molar-refractivity contribution in [2.45, 2.75) is 38.0 Å². The van der Waals surface area contributed by atoms with Gasteiger partial charge in [0.25, 0.3) is 0 Å². The number of anilines is 3. The van der Waals surface area contributed by atoms with Crippen molar-refractivity contribution in [2.75, 3.05) is 4.90 Å². The summed E-state index contributed by atoms with van der Waals surface area (Å²) in [5, 5.41) is 10.3. The number of hydrogen-bond donors (Lipinski definition) is 0. The maximum Gasteiger partial charge on any atom is 0.0542 e. The largest absolute Gasteiger partial charge is 0.310 e. The summed E-state index contributed by atoms with van der Waals surface area (Å²) in [6, 6.07) is 78.9. The van der Waals surface area contributed by atoms with E-state index < -0.39 is 0 Å². The molecule has 0 bridgehead atoms. The molecule has 0 radical (unpaired) electrons. The molecular formula is C60H46N2. The molecule has 0 saturated heterocycles.